The van der Waals surface area contributed by atoms with E-state index in [1.807, 2.05) is 0 Å². The van der Waals surface area contributed by atoms with Gasteiger partial charge in [-0.1, -0.05) is 11.6 Å². The molecule has 1 atom stereocenters. The highest BCUT2D eigenvalue weighted by molar-refractivity contribution is 8.96. The molecule has 2 aromatic carbocycles. The first-order valence-electron chi connectivity index (χ1n) is 9.18. The van der Waals surface area contributed by atoms with Crippen molar-refractivity contribution in [1.29, 1.82) is 0 Å². The Balaban J connectivity index is 1.61. The average molecular weight is 479 g/mol. The van der Waals surface area contributed by atoms with E-state index in [0.717, 1.165) is 21.0 Å². The van der Waals surface area contributed by atoms with Crippen LogP contribution in [0, 0.1) is 17.0 Å². The number of halogens is 1. The molecule has 5 nitrogen and oxygen atoms in total. The summed E-state index contributed by atoms with van der Waals surface area (Å²) in [4.78, 5) is 24.2. The van der Waals surface area contributed by atoms with Gasteiger partial charge in [-0.2, -0.15) is 0 Å². The van der Waals surface area contributed by atoms with Gasteiger partial charge in [0.05, 0.1) is 20.4 Å². The number of ketones is 1. The van der Waals surface area contributed by atoms with Gasteiger partial charge >= 0.3 is 0 Å². The Bertz CT molecular complexity index is 1140. The second-order valence-electron chi connectivity index (χ2n) is 7.61. The lowest BCUT2D eigenvalue weighted by atomic mass is 9.90. The predicted octanol–water partition coefficient (Wildman–Crippen LogP) is 6.65. The molecule has 4 rings (SSSR count). The van der Waals surface area contributed by atoms with Gasteiger partial charge in [-0.25, -0.2) is 0 Å². The second kappa shape index (κ2) is 8.07. The van der Waals surface area contributed by atoms with Crippen LogP contribution in [0.1, 0.15) is 35.3 Å². The molecule has 0 amide bonds. The Morgan fingerprint density at radius 3 is 2.63 bits per heavy atom. The third-order valence-electron chi connectivity index (χ3n) is 4.93. The molecule has 0 spiro atoms. The highest BCUT2D eigenvalue weighted by Crippen LogP contribution is 2.61. The largest absolute Gasteiger partial charge is 0.375 e. The number of anilines is 1. The zero-order valence-corrected chi connectivity index (χ0v) is 19.7. The number of nitro groups is 1. The fourth-order valence-electron chi connectivity index (χ4n) is 3.44. The number of Topliss-reactive ketones (excluding diaryl/α,β-unsaturated/α-hetero) is 1. The summed E-state index contributed by atoms with van der Waals surface area (Å²) in [6.07, 6.45) is 0. The summed E-state index contributed by atoms with van der Waals surface area (Å²) in [5.41, 5.74) is 4.69. The summed E-state index contributed by atoms with van der Waals surface area (Å²) in [5.74, 6) is 0.156. The van der Waals surface area contributed by atoms with Crippen LogP contribution in [0.2, 0.25) is 0 Å². The minimum Gasteiger partial charge on any atom is -0.375 e. The third kappa shape index (κ3) is 3.93. The van der Waals surface area contributed by atoms with E-state index in [2.05, 4.69) is 44.3 Å². The van der Waals surface area contributed by atoms with Crippen molar-refractivity contribution in [3.05, 3.63) is 74.2 Å². The van der Waals surface area contributed by atoms with Gasteiger partial charge in [0.2, 0.25) is 0 Å². The molecular formula is C21H19ClN2O3S3. The molecule has 0 radical (unpaired) electrons. The van der Waals surface area contributed by atoms with Crippen LogP contribution in [0.3, 0.4) is 0 Å². The van der Waals surface area contributed by atoms with Gasteiger partial charge in [-0.05, 0) is 75.2 Å². The molecule has 9 heteroatoms. The number of nitro benzene ring substituents is 1. The molecule has 0 fully saturated rings. The summed E-state index contributed by atoms with van der Waals surface area (Å²) in [6, 6.07) is 12.1. The summed E-state index contributed by atoms with van der Waals surface area (Å²) in [7, 11) is 7.84. The van der Waals surface area contributed by atoms with Crippen LogP contribution in [0.25, 0.3) is 5.57 Å². The summed E-state index contributed by atoms with van der Waals surface area (Å²) >= 11 is 1.47. The number of rotatable bonds is 4. The number of hydrogen-bond donors (Lipinski definition) is 1. The van der Waals surface area contributed by atoms with E-state index in [1.54, 1.807) is 10.8 Å². The van der Waals surface area contributed by atoms with Crippen LogP contribution in [0.5, 0.6) is 0 Å². The first-order valence-corrected chi connectivity index (χ1v) is 13.5. The number of carbonyl (C=O) groups excluding carboxylic acids is 1. The fourth-order valence-corrected chi connectivity index (χ4v) is 9.78. The summed E-state index contributed by atoms with van der Waals surface area (Å²) < 4.78 is 1.02. The van der Waals surface area contributed by atoms with E-state index >= 15 is 0 Å². The average Bonchev–Trinajstić information content (AvgIpc) is 3.04. The maximum atomic E-state index is 12.7. The maximum absolute atomic E-state index is 12.7. The monoisotopic (exact) mass is 478 g/mol. The van der Waals surface area contributed by atoms with Gasteiger partial charge in [-0.15, -0.1) is 11.8 Å². The Hall–Kier alpha value is -1.74. The number of non-ortho nitro benzene ring substituents is 1. The van der Waals surface area contributed by atoms with E-state index in [1.165, 1.54) is 46.5 Å². The van der Waals surface area contributed by atoms with Crippen molar-refractivity contribution in [1.82, 2.24) is 0 Å². The normalized spacial score (nSPS) is 19.2. The van der Waals surface area contributed by atoms with Crippen molar-refractivity contribution in [3.8, 4) is 0 Å². The molecule has 0 saturated heterocycles. The first-order chi connectivity index (χ1) is 14.2. The van der Waals surface area contributed by atoms with Gasteiger partial charge in [-0.3, -0.25) is 14.9 Å². The fraction of sp³-hybridized carbons (Fsp3) is 0.238. The third-order valence-corrected chi connectivity index (χ3v) is 11.2. The smallest absolute Gasteiger partial charge is 0.269 e. The highest BCUT2D eigenvalue weighted by atomic mass is 35.7. The van der Waals surface area contributed by atoms with Gasteiger partial charge < -0.3 is 5.32 Å². The van der Waals surface area contributed by atoms with Crippen LogP contribution < -0.4 is 5.32 Å². The number of benzene rings is 2. The summed E-state index contributed by atoms with van der Waals surface area (Å²) in [5, 5.41) is 14.4. The summed E-state index contributed by atoms with van der Waals surface area (Å²) in [6.45, 7) is 6.34. The van der Waals surface area contributed by atoms with Crippen molar-refractivity contribution in [2.45, 2.75) is 26.3 Å². The number of hydrogen-bond acceptors (Lipinski definition) is 6. The maximum Gasteiger partial charge on any atom is 0.269 e. The molecule has 1 unspecified atom stereocenters. The van der Waals surface area contributed by atoms with Gasteiger partial charge in [0.15, 0.2) is 5.78 Å². The van der Waals surface area contributed by atoms with E-state index in [-0.39, 0.29) is 22.8 Å². The van der Waals surface area contributed by atoms with E-state index < -0.39 is 13.7 Å². The molecule has 30 heavy (non-hydrogen) atoms. The molecule has 2 aliphatic heterocycles. The number of fused-ring (bicyclic) bond motifs is 2. The van der Waals surface area contributed by atoms with Crippen molar-refractivity contribution in [3.63, 3.8) is 0 Å². The lowest BCUT2D eigenvalue weighted by Crippen LogP contribution is -2.35. The highest BCUT2D eigenvalue weighted by Gasteiger charge is 2.40. The van der Waals surface area contributed by atoms with E-state index in [9.17, 15) is 14.9 Å². The Kier molecular flexibility index (Phi) is 5.78. The number of nitrogens with zero attached hydrogens (tertiary/aromatic N) is 1. The van der Waals surface area contributed by atoms with E-state index in [4.69, 9.17) is 10.7 Å². The predicted molar refractivity (Wildman–Crippen MR) is 132 cm³/mol. The van der Waals surface area contributed by atoms with Crippen molar-refractivity contribution >= 4 is 68.9 Å². The van der Waals surface area contributed by atoms with Crippen LogP contribution >= 0.6 is 42.0 Å². The number of carbonyl (C=O) groups is 1. The van der Waals surface area contributed by atoms with Crippen LogP contribution in [0.4, 0.5) is 11.4 Å². The van der Waals surface area contributed by atoms with Gasteiger partial charge in [0, 0.05) is 39.4 Å². The standard InChI is InChI=1S/C21H19ClN2O3S3/c1-12-4-9-16-15(10-12)18-19(21(2,3)23-16)29-30(22)20(18)28-11-17(25)13-5-7-14(8-6-13)24(26)27/h4-10,23H,11H2,1-3H3. The van der Waals surface area contributed by atoms with E-state index in [0.29, 0.717) is 5.56 Å². The first kappa shape index (κ1) is 21.5. The minimum atomic E-state index is -0.561. The van der Waals surface area contributed by atoms with Crippen LogP contribution in [0.15, 0.2) is 47.4 Å². The molecule has 2 heterocycles. The van der Waals surface area contributed by atoms with Gasteiger partial charge in [0.1, 0.15) is 0 Å². The molecule has 2 aliphatic rings. The molecular weight excluding hydrogens is 460 g/mol. The molecule has 0 aromatic heterocycles. The Morgan fingerprint density at radius 2 is 1.97 bits per heavy atom. The van der Waals surface area contributed by atoms with Gasteiger partial charge in [0.25, 0.3) is 5.69 Å². The van der Waals surface area contributed by atoms with Crippen molar-refractivity contribution in [2.24, 2.45) is 0 Å². The molecule has 0 saturated carbocycles. The zero-order chi connectivity index (χ0) is 21.6. The lowest BCUT2D eigenvalue weighted by Gasteiger charge is -2.35. The quantitative estimate of drug-likeness (QED) is 0.174. The topological polar surface area (TPSA) is 72.2 Å². The second-order valence-corrected chi connectivity index (χ2v) is 13.3. The van der Waals surface area contributed by atoms with Crippen molar-refractivity contribution in [2.75, 3.05) is 11.1 Å². The minimum absolute atomic E-state index is 0.0261. The molecule has 2 aromatic rings. The Morgan fingerprint density at radius 1 is 1.27 bits per heavy atom. The number of thioether (sulfide) groups is 1. The van der Waals surface area contributed by atoms with Crippen LogP contribution in [-0.2, 0) is 0 Å². The van der Waals surface area contributed by atoms with Crippen LogP contribution in [-0.4, -0.2) is 26.2 Å². The lowest BCUT2D eigenvalue weighted by molar-refractivity contribution is -0.384. The van der Waals surface area contributed by atoms with Crippen molar-refractivity contribution < 1.29 is 9.72 Å². The number of nitrogens with one attached hydrogen (secondary N) is 1. The molecule has 1 N–H and O–H groups in total. The SMILES string of the molecule is Cc1ccc2c(c1)C1=C(SS(Cl)=C1SCC(=O)c1ccc([N+](=O)[O-])cc1)C(C)(C)N2. The Labute approximate surface area is 189 Å². The molecule has 0 bridgehead atoms. The molecule has 156 valence electrons. The zero-order valence-electron chi connectivity index (χ0n) is 16.5. The number of aryl methyl sites for hydroxylation is 1. The molecule has 0 aliphatic carbocycles.